The average Bonchev–Trinajstić information content (AvgIpc) is 3.21. The van der Waals surface area contributed by atoms with Crippen molar-refractivity contribution in [3.05, 3.63) is 53.4 Å². The molecule has 0 saturated heterocycles. The van der Waals surface area contributed by atoms with Gasteiger partial charge in [0.05, 0.1) is 32.9 Å². The molecule has 0 unspecified atom stereocenters. The minimum absolute atomic E-state index is 0.510. The van der Waals surface area contributed by atoms with Crippen molar-refractivity contribution in [1.29, 1.82) is 0 Å². The van der Waals surface area contributed by atoms with Crippen LogP contribution < -0.4 is 14.2 Å². The van der Waals surface area contributed by atoms with E-state index in [9.17, 15) is 0 Å². The molecule has 0 N–H and O–H groups in total. The predicted octanol–water partition coefficient (Wildman–Crippen LogP) is 3.71. The summed E-state index contributed by atoms with van der Waals surface area (Å²) in [5.41, 5.74) is 3.44. The van der Waals surface area contributed by atoms with Crippen molar-refractivity contribution in [2.24, 2.45) is 0 Å². The fraction of sp³-hybridized carbons (Fsp3) is 0.364. The molecule has 1 aliphatic heterocycles. The van der Waals surface area contributed by atoms with Crippen molar-refractivity contribution < 1.29 is 18.7 Å². The van der Waals surface area contributed by atoms with Gasteiger partial charge in [0.25, 0.3) is 0 Å². The van der Waals surface area contributed by atoms with Crippen LogP contribution in [0.15, 0.2) is 40.9 Å². The van der Waals surface area contributed by atoms with Crippen LogP contribution in [0.4, 0.5) is 0 Å². The Morgan fingerprint density at radius 2 is 1.90 bits per heavy atom. The molecule has 2 heterocycles. The summed E-state index contributed by atoms with van der Waals surface area (Å²) in [5, 5.41) is 4.15. The Hall–Kier alpha value is -3.06. The van der Waals surface area contributed by atoms with E-state index in [0.717, 1.165) is 30.8 Å². The maximum absolute atomic E-state index is 5.64. The Labute approximate surface area is 170 Å². The second-order valence-corrected chi connectivity index (χ2v) is 6.90. The van der Waals surface area contributed by atoms with Gasteiger partial charge >= 0.3 is 0 Å². The van der Waals surface area contributed by atoms with E-state index >= 15 is 0 Å². The molecule has 0 bridgehead atoms. The molecule has 0 atom stereocenters. The van der Waals surface area contributed by atoms with Gasteiger partial charge in [-0.2, -0.15) is 4.98 Å². The molecule has 1 aliphatic rings. The molecule has 0 aliphatic carbocycles. The third-order valence-corrected chi connectivity index (χ3v) is 5.06. The van der Waals surface area contributed by atoms with Crippen LogP contribution >= 0.6 is 0 Å². The van der Waals surface area contributed by atoms with Crippen molar-refractivity contribution in [1.82, 2.24) is 15.0 Å². The second-order valence-electron chi connectivity index (χ2n) is 6.90. The van der Waals surface area contributed by atoms with E-state index in [4.69, 9.17) is 18.7 Å². The van der Waals surface area contributed by atoms with Gasteiger partial charge in [-0.05, 0) is 48.7 Å². The van der Waals surface area contributed by atoms with E-state index in [1.54, 1.807) is 14.2 Å². The first-order valence-corrected chi connectivity index (χ1v) is 9.72. The number of rotatable bonds is 7. The number of hydrogen-bond acceptors (Lipinski definition) is 7. The highest BCUT2D eigenvalue weighted by atomic mass is 16.5. The number of ether oxygens (including phenoxy) is 3. The topological polar surface area (TPSA) is 69.9 Å². The van der Waals surface area contributed by atoms with Crippen LogP contribution in [0, 0.1) is 0 Å². The molecule has 7 nitrogen and oxygen atoms in total. The van der Waals surface area contributed by atoms with Gasteiger partial charge in [-0.3, -0.25) is 4.90 Å². The normalized spacial score (nSPS) is 13.8. The highest BCUT2D eigenvalue weighted by Crippen LogP contribution is 2.32. The number of hydrogen-bond donors (Lipinski definition) is 0. The van der Waals surface area contributed by atoms with E-state index in [1.165, 1.54) is 11.1 Å². The first kappa shape index (κ1) is 19.3. The molecule has 4 rings (SSSR count). The Balaban J connectivity index is 1.48. The lowest BCUT2D eigenvalue weighted by Crippen LogP contribution is -2.30. The second kappa shape index (κ2) is 8.53. The number of methoxy groups -OCH3 is 2. The van der Waals surface area contributed by atoms with Gasteiger partial charge in [0, 0.05) is 19.2 Å². The summed E-state index contributed by atoms with van der Waals surface area (Å²) in [6, 6.07) is 11.9. The van der Waals surface area contributed by atoms with Gasteiger partial charge in [0.2, 0.25) is 11.7 Å². The zero-order valence-corrected chi connectivity index (χ0v) is 17.0. The molecule has 0 spiro atoms. The van der Waals surface area contributed by atoms with E-state index in [1.807, 2.05) is 31.2 Å². The maximum atomic E-state index is 5.64. The molecular formula is C22H25N3O4. The number of benzene rings is 2. The van der Waals surface area contributed by atoms with Crippen LogP contribution in [0.2, 0.25) is 0 Å². The SMILES string of the molecule is CCOc1ccc2c(c1)CN(Cc1nc(-c3ccc(OC)cc3OC)no1)CC2. The zero-order chi connectivity index (χ0) is 20.2. The summed E-state index contributed by atoms with van der Waals surface area (Å²) >= 11 is 0. The molecule has 0 saturated carbocycles. The monoisotopic (exact) mass is 395 g/mol. The number of fused-ring (bicyclic) bond motifs is 1. The Morgan fingerprint density at radius 1 is 1.03 bits per heavy atom. The molecule has 0 fully saturated rings. The van der Waals surface area contributed by atoms with Crippen LogP contribution in [-0.2, 0) is 19.5 Å². The largest absolute Gasteiger partial charge is 0.497 e. The van der Waals surface area contributed by atoms with E-state index in [2.05, 4.69) is 27.2 Å². The maximum Gasteiger partial charge on any atom is 0.241 e. The first-order chi connectivity index (χ1) is 14.2. The molecular weight excluding hydrogens is 370 g/mol. The van der Waals surface area contributed by atoms with Crippen molar-refractivity contribution in [2.75, 3.05) is 27.4 Å². The summed E-state index contributed by atoms with van der Waals surface area (Å²) in [6.45, 7) is 5.05. The summed E-state index contributed by atoms with van der Waals surface area (Å²) in [5.74, 6) is 3.37. The van der Waals surface area contributed by atoms with Crippen LogP contribution in [0.1, 0.15) is 23.9 Å². The van der Waals surface area contributed by atoms with Gasteiger partial charge in [-0.25, -0.2) is 0 Å². The molecule has 3 aromatic rings. The van der Waals surface area contributed by atoms with Gasteiger partial charge in [0.1, 0.15) is 17.2 Å². The Kier molecular flexibility index (Phi) is 5.67. The molecule has 7 heteroatoms. The van der Waals surface area contributed by atoms with E-state index in [-0.39, 0.29) is 0 Å². The van der Waals surface area contributed by atoms with Crippen LogP contribution in [-0.4, -0.2) is 42.4 Å². The fourth-order valence-electron chi connectivity index (χ4n) is 3.59. The van der Waals surface area contributed by atoms with Crippen LogP contribution in [0.25, 0.3) is 11.4 Å². The van der Waals surface area contributed by atoms with Crippen LogP contribution in [0.5, 0.6) is 17.2 Å². The highest BCUT2D eigenvalue weighted by Gasteiger charge is 2.20. The molecule has 1 aromatic heterocycles. The van der Waals surface area contributed by atoms with Gasteiger partial charge < -0.3 is 18.7 Å². The molecule has 0 amide bonds. The summed E-state index contributed by atoms with van der Waals surface area (Å²) < 4.78 is 21.8. The lowest BCUT2D eigenvalue weighted by molar-refractivity contribution is 0.210. The molecule has 29 heavy (non-hydrogen) atoms. The predicted molar refractivity (Wildman–Crippen MR) is 108 cm³/mol. The third-order valence-electron chi connectivity index (χ3n) is 5.06. The average molecular weight is 395 g/mol. The standard InChI is InChI=1S/C22H25N3O4/c1-4-28-18-6-5-15-9-10-25(13-16(15)11-18)14-21-23-22(24-29-21)19-8-7-17(26-2)12-20(19)27-3/h5-8,11-12H,4,9-10,13-14H2,1-3H3. The number of nitrogens with zero attached hydrogens (tertiary/aromatic N) is 3. The summed E-state index contributed by atoms with van der Waals surface area (Å²) in [4.78, 5) is 6.88. The lowest BCUT2D eigenvalue weighted by Gasteiger charge is -2.27. The van der Waals surface area contributed by atoms with Crippen molar-refractivity contribution >= 4 is 0 Å². The fourth-order valence-corrected chi connectivity index (χ4v) is 3.59. The molecule has 152 valence electrons. The smallest absolute Gasteiger partial charge is 0.241 e. The lowest BCUT2D eigenvalue weighted by atomic mass is 9.99. The quantitative estimate of drug-likeness (QED) is 0.604. The Morgan fingerprint density at radius 3 is 2.69 bits per heavy atom. The van der Waals surface area contributed by atoms with E-state index < -0.39 is 0 Å². The zero-order valence-electron chi connectivity index (χ0n) is 17.0. The summed E-state index contributed by atoms with van der Waals surface area (Å²) in [6.07, 6.45) is 0.995. The summed E-state index contributed by atoms with van der Waals surface area (Å²) in [7, 11) is 3.23. The minimum atomic E-state index is 0.510. The van der Waals surface area contributed by atoms with E-state index in [0.29, 0.717) is 36.4 Å². The van der Waals surface area contributed by atoms with Gasteiger partial charge in [-0.1, -0.05) is 11.2 Å². The number of aromatic nitrogens is 2. The van der Waals surface area contributed by atoms with Gasteiger partial charge in [-0.15, -0.1) is 0 Å². The highest BCUT2D eigenvalue weighted by molar-refractivity contribution is 5.65. The van der Waals surface area contributed by atoms with Crippen molar-refractivity contribution in [3.63, 3.8) is 0 Å². The van der Waals surface area contributed by atoms with Gasteiger partial charge in [0.15, 0.2) is 0 Å². The van der Waals surface area contributed by atoms with Crippen LogP contribution in [0.3, 0.4) is 0 Å². The molecule has 0 radical (unpaired) electrons. The van der Waals surface area contributed by atoms with Crippen molar-refractivity contribution in [3.8, 4) is 28.6 Å². The third kappa shape index (κ3) is 4.19. The van der Waals surface area contributed by atoms with Crippen molar-refractivity contribution in [2.45, 2.75) is 26.4 Å². The first-order valence-electron chi connectivity index (χ1n) is 9.72. The minimum Gasteiger partial charge on any atom is -0.497 e. The molecule has 2 aromatic carbocycles. The Bertz CT molecular complexity index is 986.